The van der Waals surface area contributed by atoms with E-state index in [9.17, 15) is 4.79 Å². The number of rotatable bonds is 5. The van der Waals surface area contributed by atoms with Gasteiger partial charge in [-0.3, -0.25) is 9.69 Å². The Morgan fingerprint density at radius 3 is 2.61 bits per heavy atom. The lowest BCUT2D eigenvalue weighted by atomic mass is 10.1. The van der Waals surface area contributed by atoms with Crippen LogP contribution in [0.5, 0.6) is 0 Å². The fraction of sp³-hybridized carbons (Fsp3) is 0.364. The number of aryl methyl sites for hydroxylation is 2. The third-order valence-electron chi connectivity index (χ3n) is 5.38. The maximum atomic E-state index is 13.3. The van der Waals surface area contributed by atoms with Crippen LogP contribution < -0.4 is 9.80 Å². The molecule has 0 bridgehead atoms. The van der Waals surface area contributed by atoms with Gasteiger partial charge in [0.25, 0.3) is 5.91 Å². The molecular formula is C22H26N3O2S+. The maximum absolute atomic E-state index is 13.3. The number of nitrogens with zero attached hydrogens (tertiary/aromatic N) is 2. The van der Waals surface area contributed by atoms with Gasteiger partial charge in [0.1, 0.15) is 13.1 Å². The van der Waals surface area contributed by atoms with Crippen molar-refractivity contribution in [1.82, 2.24) is 4.98 Å². The fourth-order valence-electron chi connectivity index (χ4n) is 3.48. The minimum Gasteiger partial charge on any atom is -0.370 e. The Morgan fingerprint density at radius 2 is 1.86 bits per heavy atom. The van der Waals surface area contributed by atoms with Gasteiger partial charge < -0.3 is 9.64 Å². The van der Waals surface area contributed by atoms with E-state index in [-0.39, 0.29) is 5.91 Å². The van der Waals surface area contributed by atoms with Crippen LogP contribution in [0, 0.1) is 13.8 Å². The number of ether oxygens (including phenoxy) is 1. The highest BCUT2D eigenvalue weighted by atomic mass is 32.1. The Kier molecular flexibility index (Phi) is 5.71. The molecule has 1 aliphatic heterocycles. The van der Waals surface area contributed by atoms with Crippen LogP contribution in [0.1, 0.15) is 21.5 Å². The highest BCUT2D eigenvalue weighted by Gasteiger charge is 2.24. The van der Waals surface area contributed by atoms with Crippen LogP contribution in [0.3, 0.4) is 0 Å². The van der Waals surface area contributed by atoms with Crippen molar-refractivity contribution in [2.24, 2.45) is 0 Å². The van der Waals surface area contributed by atoms with Gasteiger partial charge in [0.05, 0.1) is 36.5 Å². The second-order valence-electron chi connectivity index (χ2n) is 7.34. The summed E-state index contributed by atoms with van der Waals surface area (Å²) in [5.74, 6) is 0.0146. The van der Waals surface area contributed by atoms with E-state index in [2.05, 4.69) is 26.0 Å². The first-order chi connectivity index (χ1) is 13.6. The number of benzene rings is 2. The van der Waals surface area contributed by atoms with Crippen molar-refractivity contribution in [1.29, 1.82) is 0 Å². The van der Waals surface area contributed by atoms with Gasteiger partial charge in [-0.15, -0.1) is 0 Å². The van der Waals surface area contributed by atoms with E-state index in [1.54, 1.807) is 11.3 Å². The Labute approximate surface area is 169 Å². The number of fused-ring (bicyclic) bond motifs is 1. The molecule has 6 heteroatoms. The summed E-state index contributed by atoms with van der Waals surface area (Å²) < 4.78 is 6.59. The number of carbonyl (C=O) groups is 1. The van der Waals surface area contributed by atoms with E-state index in [0.29, 0.717) is 12.1 Å². The molecule has 1 amide bonds. The monoisotopic (exact) mass is 396 g/mol. The molecular weight excluding hydrogens is 370 g/mol. The Bertz CT molecular complexity index is 926. The number of aromatic nitrogens is 1. The number of morpholine rings is 1. The fourth-order valence-corrected chi connectivity index (χ4v) is 4.55. The lowest BCUT2D eigenvalue weighted by Gasteiger charge is -2.26. The highest BCUT2D eigenvalue weighted by molar-refractivity contribution is 7.22. The largest absolute Gasteiger partial charge is 0.370 e. The van der Waals surface area contributed by atoms with Crippen molar-refractivity contribution < 1.29 is 14.4 Å². The van der Waals surface area contributed by atoms with E-state index in [4.69, 9.17) is 9.72 Å². The third-order valence-corrected chi connectivity index (χ3v) is 6.42. The summed E-state index contributed by atoms with van der Waals surface area (Å²) in [7, 11) is 0. The number of nitrogens with one attached hydrogen (secondary N) is 1. The Hall–Kier alpha value is -2.28. The van der Waals surface area contributed by atoms with Gasteiger partial charge in [-0.05, 0) is 49.2 Å². The average Bonchev–Trinajstić information content (AvgIpc) is 3.12. The summed E-state index contributed by atoms with van der Waals surface area (Å²) in [6.45, 7) is 9.34. The second-order valence-corrected chi connectivity index (χ2v) is 8.34. The first-order valence-corrected chi connectivity index (χ1v) is 10.6. The van der Waals surface area contributed by atoms with Gasteiger partial charge in [0.15, 0.2) is 5.13 Å². The molecule has 2 heterocycles. The van der Waals surface area contributed by atoms with Crippen LogP contribution in [0.25, 0.3) is 10.2 Å². The molecule has 4 rings (SSSR count). The summed E-state index contributed by atoms with van der Waals surface area (Å²) in [5.41, 5.74) is 4.14. The predicted octanol–water partition coefficient (Wildman–Crippen LogP) is 2.48. The third kappa shape index (κ3) is 4.09. The lowest BCUT2D eigenvalue weighted by Crippen LogP contribution is -3.14. The van der Waals surface area contributed by atoms with Crippen molar-refractivity contribution in [3.8, 4) is 0 Å². The number of hydrogen-bond donors (Lipinski definition) is 1. The maximum Gasteiger partial charge on any atom is 0.260 e. The summed E-state index contributed by atoms with van der Waals surface area (Å²) >= 11 is 1.60. The number of anilines is 1. The SMILES string of the molecule is Cc1cc2nc(N(CC[NH+]3CCOCC3)C(=O)c3ccccc3)sc2cc1C. The average molecular weight is 397 g/mol. The second kappa shape index (κ2) is 8.39. The van der Waals surface area contributed by atoms with Crippen LogP contribution in [0.2, 0.25) is 0 Å². The molecule has 0 unspecified atom stereocenters. The summed E-state index contributed by atoms with van der Waals surface area (Å²) in [4.78, 5) is 21.4. The lowest BCUT2D eigenvalue weighted by molar-refractivity contribution is -0.906. The quantitative estimate of drug-likeness (QED) is 0.721. The number of carbonyl (C=O) groups excluding carboxylic acids is 1. The molecule has 3 aromatic rings. The minimum atomic E-state index is 0.0146. The first-order valence-electron chi connectivity index (χ1n) is 9.78. The van der Waals surface area contributed by atoms with Crippen molar-refractivity contribution in [3.05, 3.63) is 59.2 Å². The molecule has 1 aliphatic rings. The predicted molar refractivity (Wildman–Crippen MR) is 114 cm³/mol. The molecule has 0 aliphatic carbocycles. The van der Waals surface area contributed by atoms with Crippen LogP contribution in [0.15, 0.2) is 42.5 Å². The number of quaternary nitrogens is 1. The van der Waals surface area contributed by atoms with Gasteiger partial charge in [-0.1, -0.05) is 29.5 Å². The first kappa shape index (κ1) is 19.1. The molecule has 28 heavy (non-hydrogen) atoms. The van der Waals surface area contributed by atoms with E-state index in [0.717, 1.165) is 48.2 Å². The van der Waals surface area contributed by atoms with E-state index in [1.165, 1.54) is 16.0 Å². The molecule has 0 radical (unpaired) electrons. The summed E-state index contributed by atoms with van der Waals surface area (Å²) in [6, 6.07) is 13.8. The molecule has 5 nitrogen and oxygen atoms in total. The highest BCUT2D eigenvalue weighted by Crippen LogP contribution is 2.31. The van der Waals surface area contributed by atoms with Crippen LogP contribution in [-0.2, 0) is 4.74 Å². The molecule has 2 aromatic carbocycles. The molecule has 146 valence electrons. The topological polar surface area (TPSA) is 46.9 Å². The van der Waals surface area contributed by atoms with Gasteiger partial charge in [0.2, 0.25) is 0 Å². The number of amides is 1. The van der Waals surface area contributed by atoms with Gasteiger partial charge in [0, 0.05) is 5.56 Å². The van der Waals surface area contributed by atoms with E-state index >= 15 is 0 Å². The Morgan fingerprint density at radius 1 is 1.14 bits per heavy atom. The van der Waals surface area contributed by atoms with Crippen LogP contribution in [-0.4, -0.2) is 50.3 Å². The molecule has 0 saturated carbocycles. The van der Waals surface area contributed by atoms with E-state index in [1.807, 2.05) is 35.2 Å². The number of thiazole rings is 1. The Balaban J connectivity index is 1.64. The van der Waals surface area contributed by atoms with Crippen molar-refractivity contribution >= 4 is 32.6 Å². The zero-order valence-corrected chi connectivity index (χ0v) is 17.2. The van der Waals surface area contributed by atoms with Crippen molar-refractivity contribution in [2.75, 3.05) is 44.3 Å². The molecule has 1 aromatic heterocycles. The molecule has 1 saturated heterocycles. The summed E-state index contributed by atoms with van der Waals surface area (Å²) in [6.07, 6.45) is 0. The molecule has 1 fully saturated rings. The van der Waals surface area contributed by atoms with Crippen LogP contribution in [0.4, 0.5) is 5.13 Å². The molecule has 0 atom stereocenters. The zero-order valence-electron chi connectivity index (χ0n) is 16.4. The van der Waals surface area contributed by atoms with Gasteiger partial charge in [-0.2, -0.15) is 0 Å². The minimum absolute atomic E-state index is 0.0146. The normalized spacial score (nSPS) is 15.1. The number of hydrogen-bond acceptors (Lipinski definition) is 4. The van der Waals surface area contributed by atoms with Crippen molar-refractivity contribution in [2.45, 2.75) is 13.8 Å². The molecule has 1 N–H and O–H groups in total. The van der Waals surface area contributed by atoms with Gasteiger partial charge in [-0.25, -0.2) is 4.98 Å². The van der Waals surface area contributed by atoms with Crippen molar-refractivity contribution in [3.63, 3.8) is 0 Å². The van der Waals surface area contributed by atoms with Crippen LogP contribution >= 0.6 is 11.3 Å². The standard InChI is InChI=1S/C22H25N3O2S/c1-16-14-19-20(15-17(16)2)28-22(23-19)25(9-8-24-10-12-27-13-11-24)21(26)18-6-4-3-5-7-18/h3-7,14-15H,8-13H2,1-2H3/p+1. The smallest absolute Gasteiger partial charge is 0.260 e. The summed E-state index contributed by atoms with van der Waals surface area (Å²) in [5, 5.41) is 0.779. The van der Waals surface area contributed by atoms with E-state index < -0.39 is 0 Å². The molecule has 0 spiro atoms. The van der Waals surface area contributed by atoms with Gasteiger partial charge >= 0.3 is 0 Å². The zero-order chi connectivity index (χ0) is 19.5.